The monoisotopic (exact) mass is 416 g/mol. The maximum absolute atomic E-state index is 15.2. The lowest BCUT2D eigenvalue weighted by atomic mass is 9.95. The van der Waals surface area contributed by atoms with Crippen LogP contribution >= 0.6 is 11.6 Å². The Hall–Kier alpha value is -2.38. The normalized spacial score (nSPS) is 24.2. The van der Waals surface area contributed by atoms with Crippen molar-refractivity contribution < 1.29 is 13.5 Å². The second-order valence-electron chi connectivity index (χ2n) is 7.72. The van der Waals surface area contributed by atoms with Gasteiger partial charge in [-0.05, 0) is 25.5 Å². The molecule has 2 aromatic heterocycles. The van der Waals surface area contributed by atoms with Gasteiger partial charge in [0.05, 0.1) is 10.6 Å². The molecule has 0 amide bonds. The van der Waals surface area contributed by atoms with Crippen LogP contribution in [0.5, 0.6) is 6.01 Å². The molecule has 150 valence electrons. The summed E-state index contributed by atoms with van der Waals surface area (Å²) in [6.45, 7) is 1.62. The van der Waals surface area contributed by atoms with Gasteiger partial charge in [-0.15, -0.1) is 0 Å². The van der Waals surface area contributed by atoms with E-state index in [0.29, 0.717) is 35.5 Å². The van der Waals surface area contributed by atoms with Crippen LogP contribution in [0.1, 0.15) is 19.3 Å². The van der Waals surface area contributed by atoms with E-state index in [4.69, 9.17) is 16.3 Å². The van der Waals surface area contributed by atoms with Gasteiger partial charge in [0.25, 0.3) is 0 Å². The van der Waals surface area contributed by atoms with E-state index in [1.54, 1.807) is 24.3 Å². The Labute approximate surface area is 171 Å². The maximum Gasteiger partial charge on any atom is 0.317 e. The second kappa shape index (κ2) is 7.15. The molecule has 2 saturated heterocycles. The zero-order valence-corrected chi connectivity index (χ0v) is 16.4. The van der Waals surface area contributed by atoms with Crippen LogP contribution in [0.2, 0.25) is 5.02 Å². The summed E-state index contributed by atoms with van der Waals surface area (Å²) in [4.78, 5) is 14.8. The SMILES string of the molecule is Fc1c(-c2ccccc2Cl)ncc2cnc(OCC34CCCN3CC(F)C4)nc12. The first-order chi connectivity index (χ1) is 14.1. The molecule has 2 aliphatic rings. The van der Waals surface area contributed by atoms with Crippen LogP contribution in [0.4, 0.5) is 8.78 Å². The summed E-state index contributed by atoms with van der Waals surface area (Å²) < 4.78 is 34.9. The van der Waals surface area contributed by atoms with Crippen molar-refractivity contribution in [3.8, 4) is 17.3 Å². The molecule has 2 aliphatic heterocycles. The summed E-state index contributed by atoms with van der Waals surface area (Å²) >= 11 is 6.20. The first-order valence-electron chi connectivity index (χ1n) is 9.64. The van der Waals surface area contributed by atoms with Crippen molar-refractivity contribution >= 4 is 22.5 Å². The van der Waals surface area contributed by atoms with Gasteiger partial charge in [0, 0.05) is 36.3 Å². The highest BCUT2D eigenvalue weighted by molar-refractivity contribution is 6.33. The minimum atomic E-state index is -0.835. The number of alkyl halides is 1. The van der Waals surface area contributed by atoms with Crippen LogP contribution in [0, 0.1) is 5.82 Å². The molecule has 5 nitrogen and oxygen atoms in total. The van der Waals surface area contributed by atoms with Gasteiger partial charge in [-0.25, -0.2) is 13.8 Å². The van der Waals surface area contributed by atoms with Crippen molar-refractivity contribution in [1.82, 2.24) is 19.9 Å². The van der Waals surface area contributed by atoms with E-state index in [9.17, 15) is 4.39 Å². The van der Waals surface area contributed by atoms with Gasteiger partial charge in [0.15, 0.2) is 5.82 Å². The second-order valence-corrected chi connectivity index (χ2v) is 8.13. The predicted molar refractivity (Wildman–Crippen MR) is 106 cm³/mol. The number of aromatic nitrogens is 3. The lowest BCUT2D eigenvalue weighted by Gasteiger charge is -2.30. The number of rotatable bonds is 4. The number of ether oxygens (including phenoxy) is 1. The Morgan fingerprint density at radius 1 is 1.24 bits per heavy atom. The van der Waals surface area contributed by atoms with E-state index in [1.165, 1.54) is 12.4 Å². The first kappa shape index (κ1) is 18.6. The van der Waals surface area contributed by atoms with Crippen molar-refractivity contribution in [1.29, 1.82) is 0 Å². The Morgan fingerprint density at radius 2 is 2.07 bits per heavy atom. The average Bonchev–Trinajstić information content (AvgIpc) is 3.23. The molecular formula is C21H19ClF2N4O. The van der Waals surface area contributed by atoms with Crippen LogP contribution in [0.3, 0.4) is 0 Å². The summed E-state index contributed by atoms with van der Waals surface area (Å²) in [7, 11) is 0. The summed E-state index contributed by atoms with van der Waals surface area (Å²) in [6, 6.07) is 7.02. The van der Waals surface area contributed by atoms with E-state index < -0.39 is 12.0 Å². The fraction of sp³-hybridized carbons (Fsp3) is 0.381. The van der Waals surface area contributed by atoms with E-state index >= 15 is 4.39 Å². The Balaban J connectivity index is 1.45. The zero-order valence-electron chi connectivity index (χ0n) is 15.6. The van der Waals surface area contributed by atoms with Gasteiger partial charge in [-0.1, -0.05) is 29.8 Å². The van der Waals surface area contributed by atoms with Crippen molar-refractivity contribution in [2.45, 2.75) is 31.0 Å². The lowest BCUT2D eigenvalue weighted by molar-refractivity contribution is 0.107. The topological polar surface area (TPSA) is 51.1 Å². The van der Waals surface area contributed by atoms with Gasteiger partial charge in [-0.2, -0.15) is 4.98 Å². The Morgan fingerprint density at radius 3 is 2.93 bits per heavy atom. The number of benzene rings is 1. The average molecular weight is 417 g/mol. The van der Waals surface area contributed by atoms with E-state index in [2.05, 4.69) is 19.9 Å². The molecule has 3 aromatic rings. The summed E-state index contributed by atoms with van der Waals surface area (Å²) in [6.07, 6.45) is 4.53. The Kier molecular flexibility index (Phi) is 4.59. The first-order valence-corrected chi connectivity index (χ1v) is 10.0. The molecule has 29 heavy (non-hydrogen) atoms. The van der Waals surface area contributed by atoms with E-state index in [-0.39, 0.29) is 22.8 Å². The molecular weight excluding hydrogens is 398 g/mol. The number of halogens is 3. The molecule has 0 bridgehead atoms. The van der Waals surface area contributed by atoms with Crippen molar-refractivity contribution in [2.24, 2.45) is 0 Å². The molecule has 1 aromatic carbocycles. The standard InChI is InChI=1S/C21H19ClF2N4O/c22-16-5-2-1-4-15(16)19-17(24)18-13(9-25-19)10-26-20(27-18)29-12-21-6-3-7-28(21)11-14(23)8-21/h1-2,4-5,9-10,14H,3,6-8,11-12H2. The molecule has 2 fully saturated rings. The summed E-state index contributed by atoms with van der Waals surface area (Å²) in [5.74, 6) is -0.576. The smallest absolute Gasteiger partial charge is 0.317 e. The number of nitrogens with zero attached hydrogens (tertiary/aromatic N) is 4. The molecule has 0 saturated carbocycles. The summed E-state index contributed by atoms with van der Waals surface area (Å²) in [5.41, 5.74) is 0.437. The van der Waals surface area contributed by atoms with Crippen LogP contribution in [-0.4, -0.2) is 51.3 Å². The van der Waals surface area contributed by atoms with Gasteiger partial charge >= 0.3 is 6.01 Å². The van der Waals surface area contributed by atoms with Crippen molar-refractivity contribution in [3.05, 3.63) is 47.5 Å². The molecule has 4 heterocycles. The quantitative estimate of drug-likeness (QED) is 0.629. The Bertz CT molecular complexity index is 1080. The zero-order chi connectivity index (χ0) is 20.0. The third-order valence-electron chi connectivity index (χ3n) is 5.90. The van der Waals surface area contributed by atoms with Crippen LogP contribution in [-0.2, 0) is 0 Å². The van der Waals surface area contributed by atoms with Crippen molar-refractivity contribution in [3.63, 3.8) is 0 Å². The number of hydrogen-bond acceptors (Lipinski definition) is 5. The fourth-order valence-electron chi connectivity index (χ4n) is 4.51. The largest absolute Gasteiger partial charge is 0.461 e. The van der Waals surface area contributed by atoms with Gasteiger partial charge in [0.2, 0.25) is 0 Å². The van der Waals surface area contributed by atoms with Crippen LogP contribution < -0.4 is 4.74 Å². The maximum atomic E-state index is 15.2. The number of fused-ring (bicyclic) bond motifs is 2. The molecule has 2 unspecified atom stereocenters. The highest BCUT2D eigenvalue weighted by atomic mass is 35.5. The molecule has 8 heteroatoms. The van der Waals surface area contributed by atoms with Crippen LogP contribution in [0.15, 0.2) is 36.7 Å². The lowest BCUT2D eigenvalue weighted by Crippen LogP contribution is -2.43. The van der Waals surface area contributed by atoms with Gasteiger partial charge in [-0.3, -0.25) is 9.88 Å². The van der Waals surface area contributed by atoms with E-state index in [1.807, 2.05) is 0 Å². The predicted octanol–water partition coefficient (Wildman–Crippen LogP) is 4.44. The molecule has 0 radical (unpaired) electrons. The minimum absolute atomic E-state index is 0.0799. The van der Waals surface area contributed by atoms with Gasteiger partial charge in [0.1, 0.15) is 24.0 Å². The fourth-order valence-corrected chi connectivity index (χ4v) is 4.73. The van der Waals surface area contributed by atoms with Crippen molar-refractivity contribution in [2.75, 3.05) is 19.7 Å². The molecule has 0 aliphatic carbocycles. The third kappa shape index (κ3) is 3.22. The highest BCUT2D eigenvalue weighted by Gasteiger charge is 2.49. The summed E-state index contributed by atoms with van der Waals surface area (Å²) in [5, 5.41) is 0.877. The molecule has 0 N–H and O–H groups in total. The van der Waals surface area contributed by atoms with Gasteiger partial charge < -0.3 is 4.74 Å². The molecule has 0 spiro atoms. The molecule has 2 atom stereocenters. The molecule has 5 rings (SSSR count). The van der Waals surface area contributed by atoms with Crippen LogP contribution in [0.25, 0.3) is 22.2 Å². The number of pyridine rings is 1. The minimum Gasteiger partial charge on any atom is -0.461 e. The third-order valence-corrected chi connectivity index (χ3v) is 6.23. The highest BCUT2D eigenvalue weighted by Crippen LogP contribution is 2.40. The number of hydrogen-bond donors (Lipinski definition) is 0. The van der Waals surface area contributed by atoms with E-state index in [0.717, 1.165) is 19.4 Å².